The van der Waals surface area contributed by atoms with Crippen molar-refractivity contribution in [1.82, 2.24) is 4.90 Å². The molecular formula is C16H18F3NO2. The molecule has 2 rings (SSSR count). The summed E-state index contributed by atoms with van der Waals surface area (Å²) >= 11 is 0. The van der Waals surface area contributed by atoms with Crippen LogP contribution in [0.25, 0.3) is 0 Å². The van der Waals surface area contributed by atoms with E-state index in [4.69, 9.17) is 0 Å². The van der Waals surface area contributed by atoms with E-state index in [1.165, 1.54) is 11.0 Å². The van der Waals surface area contributed by atoms with E-state index in [2.05, 4.69) is 6.58 Å². The van der Waals surface area contributed by atoms with Crippen molar-refractivity contribution in [2.24, 2.45) is 0 Å². The third-order valence-electron chi connectivity index (χ3n) is 3.95. The quantitative estimate of drug-likeness (QED) is 0.685. The first kappa shape index (κ1) is 16.5. The fraction of sp³-hybridized carbons (Fsp3) is 0.438. The van der Waals surface area contributed by atoms with Gasteiger partial charge in [-0.3, -0.25) is 4.79 Å². The molecule has 0 aromatic heterocycles. The Hall–Kier alpha value is -1.82. The van der Waals surface area contributed by atoms with Crippen molar-refractivity contribution in [2.75, 3.05) is 6.61 Å². The van der Waals surface area contributed by atoms with Crippen LogP contribution in [0.15, 0.2) is 24.8 Å². The summed E-state index contributed by atoms with van der Waals surface area (Å²) in [4.78, 5) is 13.7. The highest BCUT2D eigenvalue weighted by Gasteiger charge is 2.34. The van der Waals surface area contributed by atoms with Crippen LogP contribution in [0.5, 0.6) is 0 Å². The van der Waals surface area contributed by atoms with Gasteiger partial charge in [0.1, 0.15) is 0 Å². The zero-order chi connectivity index (χ0) is 16.3. The molecule has 1 aromatic rings. The summed E-state index contributed by atoms with van der Waals surface area (Å²) in [5, 5.41) is 9.47. The molecule has 1 aliphatic heterocycles. The fourth-order valence-electron chi connectivity index (χ4n) is 2.96. The highest BCUT2D eigenvalue weighted by Crippen LogP contribution is 2.36. The van der Waals surface area contributed by atoms with Crippen molar-refractivity contribution in [1.29, 1.82) is 0 Å². The molecule has 6 heteroatoms. The molecule has 1 N–H and O–H groups in total. The molecule has 1 saturated heterocycles. The van der Waals surface area contributed by atoms with Crippen LogP contribution in [-0.4, -0.2) is 28.6 Å². The molecular weight excluding hydrogens is 295 g/mol. The number of hydrogen-bond donors (Lipinski definition) is 1. The second kappa shape index (κ2) is 6.96. The Morgan fingerprint density at radius 3 is 2.50 bits per heavy atom. The first-order valence-corrected chi connectivity index (χ1v) is 7.17. The smallest absolute Gasteiger partial charge is 0.227 e. The van der Waals surface area contributed by atoms with E-state index >= 15 is 0 Å². The number of halogens is 3. The van der Waals surface area contributed by atoms with Crippen molar-refractivity contribution >= 4 is 5.91 Å². The van der Waals surface area contributed by atoms with Crippen molar-refractivity contribution < 1.29 is 23.1 Å². The maximum Gasteiger partial charge on any atom is 0.227 e. The third kappa shape index (κ3) is 3.16. The monoisotopic (exact) mass is 313 g/mol. The van der Waals surface area contributed by atoms with Crippen LogP contribution in [0.2, 0.25) is 0 Å². The largest absolute Gasteiger partial charge is 0.394 e. The third-order valence-corrected chi connectivity index (χ3v) is 3.95. The normalized spacial score (nSPS) is 21.7. The molecule has 0 bridgehead atoms. The lowest BCUT2D eigenvalue weighted by molar-refractivity contribution is -0.139. The second-order valence-corrected chi connectivity index (χ2v) is 5.38. The van der Waals surface area contributed by atoms with Gasteiger partial charge in [-0.05, 0) is 37.0 Å². The summed E-state index contributed by atoms with van der Waals surface area (Å²) < 4.78 is 40.0. The predicted octanol–water partition coefficient (Wildman–Crippen LogP) is 3.09. The van der Waals surface area contributed by atoms with E-state index in [0.29, 0.717) is 19.3 Å². The maximum absolute atomic E-state index is 13.5. The first-order valence-electron chi connectivity index (χ1n) is 7.17. The number of benzene rings is 1. The minimum absolute atomic E-state index is 0.0686. The molecule has 0 unspecified atom stereocenters. The van der Waals surface area contributed by atoms with Gasteiger partial charge in [-0.2, -0.15) is 0 Å². The van der Waals surface area contributed by atoms with Crippen LogP contribution in [0.1, 0.15) is 37.3 Å². The maximum atomic E-state index is 13.5. The number of carbonyl (C=O) groups excluding carboxylic acids is 1. The van der Waals surface area contributed by atoms with Crippen LogP contribution in [-0.2, 0) is 4.79 Å². The lowest BCUT2D eigenvalue weighted by Gasteiger charge is -2.42. The SMILES string of the molecule is C=CCC(=O)N1[C@@H](CO)CCC[C@H]1c1cc(F)c(F)c(F)c1. The fourth-order valence-corrected chi connectivity index (χ4v) is 2.96. The predicted molar refractivity (Wildman–Crippen MR) is 75.4 cm³/mol. The summed E-state index contributed by atoms with van der Waals surface area (Å²) in [7, 11) is 0. The molecule has 2 atom stereocenters. The highest BCUT2D eigenvalue weighted by atomic mass is 19.2. The number of rotatable bonds is 4. The van der Waals surface area contributed by atoms with Gasteiger partial charge in [0.15, 0.2) is 17.5 Å². The van der Waals surface area contributed by atoms with Crippen molar-refractivity contribution in [3.63, 3.8) is 0 Å². The Bertz CT molecular complexity index is 554. The number of piperidine rings is 1. The number of amides is 1. The Balaban J connectivity index is 2.41. The van der Waals surface area contributed by atoms with Gasteiger partial charge in [-0.1, -0.05) is 6.08 Å². The minimum Gasteiger partial charge on any atom is -0.394 e. The molecule has 1 fully saturated rings. The van der Waals surface area contributed by atoms with Gasteiger partial charge in [0.05, 0.1) is 18.7 Å². The Morgan fingerprint density at radius 1 is 1.32 bits per heavy atom. The van der Waals surface area contributed by atoms with E-state index in [0.717, 1.165) is 12.1 Å². The van der Waals surface area contributed by atoms with Crippen molar-refractivity contribution in [3.8, 4) is 0 Å². The summed E-state index contributed by atoms with van der Waals surface area (Å²) in [5.74, 6) is -4.36. The molecule has 1 heterocycles. The van der Waals surface area contributed by atoms with Gasteiger partial charge >= 0.3 is 0 Å². The van der Waals surface area contributed by atoms with E-state index in [9.17, 15) is 23.1 Å². The van der Waals surface area contributed by atoms with E-state index in [-0.39, 0.29) is 24.5 Å². The van der Waals surface area contributed by atoms with E-state index < -0.39 is 29.5 Å². The summed E-state index contributed by atoms with van der Waals surface area (Å²) in [6, 6.07) is 0.832. The number of likely N-dealkylation sites (tertiary alicyclic amines) is 1. The number of carbonyl (C=O) groups is 1. The second-order valence-electron chi connectivity index (χ2n) is 5.38. The van der Waals surface area contributed by atoms with Crippen LogP contribution < -0.4 is 0 Å². The minimum atomic E-state index is -1.53. The van der Waals surface area contributed by atoms with Gasteiger partial charge in [0, 0.05) is 6.42 Å². The van der Waals surface area contributed by atoms with Gasteiger partial charge in [0.2, 0.25) is 5.91 Å². The number of hydrogen-bond acceptors (Lipinski definition) is 2. The zero-order valence-corrected chi connectivity index (χ0v) is 12.1. The Kier molecular flexibility index (Phi) is 5.24. The average Bonchev–Trinajstić information content (AvgIpc) is 2.51. The summed E-state index contributed by atoms with van der Waals surface area (Å²) in [6.07, 6.45) is 3.33. The highest BCUT2D eigenvalue weighted by molar-refractivity contribution is 5.78. The first-order chi connectivity index (χ1) is 10.5. The molecule has 0 spiro atoms. The van der Waals surface area contributed by atoms with E-state index in [1.807, 2.05) is 0 Å². The van der Waals surface area contributed by atoms with Crippen LogP contribution in [0.4, 0.5) is 13.2 Å². The van der Waals surface area contributed by atoms with Crippen LogP contribution >= 0.6 is 0 Å². The molecule has 0 radical (unpaired) electrons. The molecule has 1 aromatic carbocycles. The van der Waals surface area contributed by atoms with Crippen LogP contribution in [0.3, 0.4) is 0 Å². The van der Waals surface area contributed by atoms with E-state index in [1.54, 1.807) is 0 Å². The molecule has 22 heavy (non-hydrogen) atoms. The molecule has 3 nitrogen and oxygen atoms in total. The number of aliphatic hydroxyl groups is 1. The van der Waals surface area contributed by atoms with Crippen molar-refractivity contribution in [2.45, 2.75) is 37.8 Å². The zero-order valence-electron chi connectivity index (χ0n) is 12.1. The molecule has 120 valence electrons. The Morgan fingerprint density at radius 2 is 1.95 bits per heavy atom. The average molecular weight is 313 g/mol. The standard InChI is InChI=1S/C16H18F3NO2/c1-2-4-15(22)20-11(9-21)5-3-6-14(20)10-7-12(17)16(19)13(18)8-10/h2,7-8,11,14,21H,1,3-6,9H2/t11-,14+/m1/s1. The summed E-state index contributed by atoms with van der Waals surface area (Å²) in [6.45, 7) is 3.27. The topological polar surface area (TPSA) is 40.5 Å². The molecule has 0 saturated carbocycles. The van der Waals surface area contributed by atoms with Gasteiger partial charge in [-0.15, -0.1) is 6.58 Å². The number of nitrogens with zero attached hydrogens (tertiary/aromatic N) is 1. The summed E-state index contributed by atoms with van der Waals surface area (Å²) in [5.41, 5.74) is 0.201. The molecule has 0 aliphatic carbocycles. The van der Waals surface area contributed by atoms with Gasteiger partial charge in [-0.25, -0.2) is 13.2 Å². The molecule has 1 amide bonds. The van der Waals surface area contributed by atoms with Gasteiger partial charge < -0.3 is 10.0 Å². The van der Waals surface area contributed by atoms with Gasteiger partial charge in [0.25, 0.3) is 0 Å². The number of aliphatic hydroxyl groups excluding tert-OH is 1. The Labute approximate surface area is 127 Å². The molecule has 1 aliphatic rings. The van der Waals surface area contributed by atoms with Crippen molar-refractivity contribution in [3.05, 3.63) is 47.8 Å². The lowest BCUT2D eigenvalue weighted by Crippen LogP contribution is -2.47. The van der Waals surface area contributed by atoms with Crippen LogP contribution in [0, 0.1) is 17.5 Å². The lowest BCUT2D eigenvalue weighted by atomic mass is 9.90.